The molecule has 2 aromatic heterocycles. The molecule has 8 heteroatoms. The van der Waals surface area contributed by atoms with E-state index in [9.17, 15) is 9.59 Å². The van der Waals surface area contributed by atoms with Gasteiger partial charge in [-0.15, -0.1) is 11.3 Å². The molecule has 7 nitrogen and oxygen atoms in total. The molecular formula is C23H28N4O3S. The molecule has 2 N–H and O–H groups in total. The number of H-pyrrole nitrogens is 1. The number of hydrogen-bond donors (Lipinski definition) is 2. The van der Waals surface area contributed by atoms with Crippen LogP contribution in [0.4, 0.5) is 5.95 Å². The van der Waals surface area contributed by atoms with E-state index in [0.29, 0.717) is 30.3 Å². The zero-order chi connectivity index (χ0) is 21.8. The van der Waals surface area contributed by atoms with Gasteiger partial charge < -0.3 is 15.0 Å². The predicted octanol–water partition coefficient (Wildman–Crippen LogP) is 3.33. The number of aromatic amines is 1. The molecule has 3 aromatic rings. The molecule has 1 atom stereocenters. The Hall–Kier alpha value is -2.71. The van der Waals surface area contributed by atoms with Crippen LogP contribution in [0.2, 0.25) is 0 Å². The molecule has 164 valence electrons. The lowest BCUT2D eigenvalue weighted by atomic mass is 9.97. The van der Waals surface area contributed by atoms with Crippen LogP contribution < -0.4 is 15.8 Å². The number of carbonyl (C=O) groups excluding carboxylic acids is 1. The largest absolute Gasteiger partial charge is 0.385 e. The third-order valence-electron chi connectivity index (χ3n) is 5.69. The molecule has 0 saturated carbocycles. The maximum atomic E-state index is 12.8. The Labute approximate surface area is 185 Å². The van der Waals surface area contributed by atoms with Crippen LogP contribution in [0.1, 0.15) is 24.8 Å². The van der Waals surface area contributed by atoms with Crippen molar-refractivity contribution in [2.75, 3.05) is 38.3 Å². The smallest absolute Gasteiger partial charge is 0.270 e. The number of aryl methyl sites for hydroxylation is 1. The molecule has 0 unspecified atom stereocenters. The summed E-state index contributed by atoms with van der Waals surface area (Å²) in [7, 11) is 1.66. The van der Waals surface area contributed by atoms with Crippen molar-refractivity contribution in [3.63, 3.8) is 0 Å². The number of thiophene rings is 1. The molecule has 0 spiro atoms. The summed E-state index contributed by atoms with van der Waals surface area (Å²) in [6, 6.07) is 8.25. The molecule has 1 saturated heterocycles. The summed E-state index contributed by atoms with van der Waals surface area (Å²) in [5, 5.41) is 4.99. The first-order valence-electron chi connectivity index (χ1n) is 10.7. The standard InChI is InChI=1S/C23H28N4O3S/c1-15-6-8-16(9-7-15)18-14-31-20-19(18)25-23(26-22(20)29)27-11-3-5-17(13-27)21(28)24-10-4-12-30-2/h6-9,14,17H,3-5,10-13H2,1-2H3,(H,24,28)(H,25,26,29)/t17-/m0/s1. The Balaban J connectivity index is 1.56. The van der Waals surface area contributed by atoms with Gasteiger partial charge in [0, 0.05) is 44.3 Å². The molecule has 0 radical (unpaired) electrons. The highest BCUT2D eigenvalue weighted by atomic mass is 32.1. The molecule has 1 aromatic carbocycles. The average Bonchev–Trinajstić information content (AvgIpc) is 3.22. The van der Waals surface area contributed by atoms with Gasteiger partial charge in [-0.3, -0.25) is 14.6 Å². The van der Waals surface area contributed by atoms with E-state index in [4.69, 9.17) is 9.72 Å². The maximum absolute atomic E-state index is 12.8. The van der Waals surface area contributed by atoms with E-state index >= 15 is 0 Å². The Morgan fingerprint density at radius 3 is 2.94 bits per heavy atom. The van der Waals surface area contributed by atoms with Gasteiger partial charge in [-0.25, -0.2) is 4.98 Å². The summed E-state index contributed by atoms with van der Waals surface area (Å²) in [4.78, 5) is 35.1. The lowest BCUT2D eigenvalue weighted by molar-refractivity contribution is -0.125. The lowest BCUT2D eigenvalue weighted by Crippen LogP contribution is -2.44. The average molecular weight is 441 g/mol. The van der Waals surface area contributed by atoms with E-state index < -0.39 is 0 Å². The van der Waals surface area contributed by atoms with Crippen molar-refractivity contribution >= 4 is 33.4 Å². The van der Waals surface area contributed by atoms with Crippen molar-refractivity contribution in [3.05, 3.63) is 45.6 Å². The van der Waals surface area contributed by atoms with Crippen LogP contribution in [-0.2, 0) is 9.53 Å². The summed E-state index contributed by atoms with van der Waals surface area (Å²) in [6.45, 7) is 4.61. The summed E-state index contributed by atoms with van der Waals surface area (Å²) < 4.78 is 5.66. The van der Waals surface area contributed by atoms with E-state index in [-0.39, 0.29) is 17.4 Å². The molecule has 4 rings (SSSR count). The zero-order valence-corrected chi connectivity index (χ0v) is 18.8. The summed E-state index contributed by atoms with van der Waals surface area (Å²) in [5.74, 6) is 0.484. The quantitative estimate of drug-likeness (QED) is 0.551. The minimum absolute atomic E-state index is 0.0557. The summed E-state index contributed by atoms with van der Waals surface area (Å²) >= 11 is 1.41. The molecule has 0 bridgehead atoms. The van der Waals surface area contributed by atoms with Crippen LogP contribution in [0.3, 0.4) is 0 Å². The van der Waals surface area contributed by atoms with Crippen molar-refractivity contribution in [2.24, 2.45) is 5.92 Å². The number of aromatic nitrogens is 2. The van der Waals surface area contributed by atoms with Crippen LogP contribution in [-0.4, -0.2) is 49.2 Å². The number of fused-ring (bicyclic) bond motifs is 1. The number of hydrogen-bond acceptors (Lipinski definition) is 6. The molecule has 1 amide bonds. The molecule has 0 aliphatic carbocycles. The highest BCUT2D eigenvalue weighted by molar-refractivity contribution is 7.17. The first-order chi connectivity index (χ1) is 15.1. The minimum atomic E-state index is -0.130. The molecular weight excluding hydrogens is 412 g/mol. The second-order valence-corrected chi connectivity index (χ2v) is 8.88. The first-order valence-corrected chi connectivity index (χ1v) is 11.5. The van der Waals surface area contributed by atoms with E-state index in [0.717, 1.165) is 42.5 Å². The Morgan fingerprint density at radius 2 is 2.16 bits per heavy atom. The number of benzene rings is 1. The van der Waals surface area contributed by atoms with Gasteiger partial charge >= 0.3 is 0 Å². The third-order valence-corrected chi connectivity index (χ3v) is 6.66. The second-order valence-electron chi connectivity index (χ2n) is 8.01. The number of piperidine rings is 1. The van der Waals surface area contributed by atoms with E-state index in [1.807, 2.05) is 10.3 Å². The van der Waals surface area contributed by atoms with Crippen LogP contribution in [0.25, 0.3) is 21.3 Å². The number of amides is 1. The van der Waals surface area contributed by atoms with Gasteiger partial charge in [0.1, 0.15) is 4.70 Å². The second kappa shape index (κ2) is 9.62. The number of methoxy groups -OCH3 is 1. The van der Waals surface area contributed by atoms with Crippen molar-refractivity contribution in [2.45, 2.75) is 26.2 Å². The third kappa shape index (κ3) is 4.80. The van der Waals surface area contributed by atoms with Crippen LogP contribution in [0.5, 0.6) is 0 Å². The molecule has 1 fully saturated rings. The monoisotopic (exact) mass is 440 g/mol. The highest BCUT2D eigenvalue weighted by Gasteiger charge is 2.27. The summed E-state index contributed by atoms with van der Waals surface area (Å²) in [5.41, 5.74) is 3.80. The Morgan fingerprint density at radius 1 is 1.35 bits per heavy atom. The topological polar surface area (TPSA) is 87.3 Å². The van der Waals surface area contributed by atoms with E-state index in [2.05, 4.69) is 41.5 Å². The first kappa shape index (κ1) is 21.5. The lowest BCUT2D eigenvalue weighted by Gasteiger charge is -2.32. The number of anilines is 1. The molecule has 3 heterocycles. The Kier molecular flexibility index (Phi) is 6.67. The van der Waals surface area contributed by atoms with Gasteiger partial charge in [0.25, 0.3) is 5.56 Å². The van der Waals surface area contributed by atoms with E-state index in [1.165, 1.54) is 16.9 Å². The van der Waals surface area contributed by atoms with Gasteiger partial charge in [-0.05, 0) is 31.7 Å². The minimum Gasteiger partial charge on any atom is -0.385 e. The van der Waals surface area contributed by atoms with Crippen LogP contribution >= 0.6 is 11.3 Å². The van der Waals surface area contributed by atoms with Gasteiger partial charge in [0.2, 0.25) is 11.9 Å². The Bertz CT molecular complexity index is 1110. The normalized spacial score (nSPS) is 16.6. The molecule has 1 aliphatic heterocycles. The van der Waals surface area contributed by atoms with Gasteiger partial charge in [-0.1, -0.05) is 29.8 Å². The fourth-order valence-corrected chi connectivity index (χ4v) is 4.87. The molecule has 1 aliphatic rings. The number of nitrogens with zero attached hydrogens (tertiary/aromatic N) is 2. The summed E-state index contributed by atoms with van der Waals surface area (Å²) in [6.07, 6.45) is 2.52. The molecule has 31 heavy (non-hydrogen) atoms. The van der Waals surface area contributed by atoms with Crippen LogP contribution in [0, 0.1) is 12.8 Å². The maximum Gasteiger partial charge on any atom is 0.270 e. The van der Waals surface area contributed by atoms with Crippen molar-refractivity contribution in [1.82, 2.24) is 15.3 Å². The number of carbonyl (C=O) groups is 1. The number of nitrogens with one attached hydrogen (secondary N) is 2. The van der Waals surface area contributed by atoms with Crippen molar-refractivity contribution in [1.29, 1.82) is 0 Å². The van der Waals surface area contributed by atoms with Crippen molar-refractivity contribution in [3.8, 4) is 11.1 Å². The van der Waals surface area contributed by atoms with Gasteiger partial charge in [0.05, 0.1) is 11.4 Å². The van der Waals surface area contributed by atoms with Gasteiger partial charge in [0.15, 0.2) is 0 Å². The van der Waals surface area contributed by atoms with Crippen molar-refractivity contribution < 1.29 is 9.53 Å². The predicted molar refractivity (Wildman–Crippen MR) is 125 cm³/mol. The SMILES string of the molecule is COCCCNC(=O)[C@H]1CCCN(c2nc3c(-c4ccc(C)cc4)csc3c(=O)[nH]2)C1. The number of ether oxygens (including phenoxy) is 1. The fourth-order valence-electron chi connectivity index (χ4n) is 3.96. The fraction of sp³-hybridized carbons (Fsp3) is 0.435. The van der Waals surface area contributed by atoms with E-state index in [1.54, 1.807) is 7.11 Å². The highest BCUT2D eigenvalue weighted by Crippen LogP contribution is 2.32. The zero-order valence-electron chi connectivity index (χ0n) is 17.9. The number of rotatable bonds is 7. The van der Waals surface area contributed by atoms with Gasteiger partial charge in [-0.2, -0.15) is 0 Å². The van der Waals surface area contributed by atoms with Crippen LogP contribution in [0.15, 0.2) is 34.4 Å².